The third-order valence-electron chi connectivity index (χ3n) is 6.13. The first kappa shape index (κ1) is 22.7. The number of sulfone groups is 1. The van der Waals surface area contributed by atoms with Crippen molar-refractivity contribution in [2.24, 2.45) is 5.73 Å². The lowest BCUT2D eigenvalue weighted by molar-refractivity contribution is 0.0998. The second kappa shape index (κ2) is 8.62. The number of rotatable bonds is 5. The van der Waals surface area contributed by atoms with Gasteiger partial charge >= 0.3 is 0 Å². The Morgan fingerprint density at radius 2 is 1.80 bits per heavy atom. The Morgan fingerprint density at radius 1 is 1.09 bits per heavy atom. The molecule has 0 spiro atoms. The summed E-state index contributed by atoms with van der Waals surface area (Å²) in [5, 5.41) is 8.04. The Labute approximate surface area is 201 Å². The van der Waals surface area contributed by atoms with Crippen LogP contribution < -0.4 is 11.1 Å². The summed E-state index contributed by atoms with van der Waals surface area (Å²) in [4.78, 5) is 29.6. The number of hydrogen-bond acceptors (Lipinski definition) is 6. The Hall–Kier alpha value is -4.05. The van der Waals surface area contributed by atoms with E-state index in [4.69, 9.17) is 10.7 Å². The molecule has 0 unspecified atom stereocenters. The van der Waals surface area contributed by atoms with Gasteiger partial charge in [0.25, 0.3) is 5.91 Å². The van der Waals surface area contributed by atoms with Crippen molar-refractivity contribution in [2.45, 2.75) is 19.4 Å². The minimum absolute atomic E-state index is 0.00575. The zero-order chi connectivity index (χ0) is 24.7. The van der Waals surface area contributed by atoms with E-state index in [1.807, 2.05) is 30.3 Å². The summed E-state index contributed by atoms with van der Waals surface area (Å²) in [5.41, 5.74) is 8.96. The molecule has 1 aliphatic heterocycles. The maximum Gasteiger partial charge on any atom is 0.256 e. The van der Waals surface area contributed by atoms with E-state index in [1.54, 1.807) is 41.9 Å². The summed E-state index contributed by atoms with van der Waals surface area (Å²) < 4.78 is 25.9. The Kier molecular flexibility index (Phi) is 5.60. The fourth-order valence-corrected chi connectivity index (χ4v) is 6.08. The molecule has 35 heavy (non-hydrogen) atoms. The van der Waals surface area contributed by atoms with Crippen molar-refractivity contribution in [1.29, 1.82) is 0 Å². The van der Waals surface area contributed by atoms with Crippen molar-refractivity contribution in [3.05, 3.63) is 77.5 Å². The van der Waals surface area contributed by atoms with Crippen LogP contribution >= 0.6 is 0 Å². The summed E-state index contributed by atoms with van der Waals surface area (Å²) in [5.74, 6) is -0.828. The average Bonchev–Trinajstić information content (AvgIpc) is 3.38. The molecule has 1 saturated heterocycles. The van der Waals surface area contributed by atoms with Crippen molar-refractivity contribution in [2.75, 3.05) is 16.8 Å². The highest BCUT2D eigenvalue weighted by molar-refractivity contribution is 7.91. The summed E-state index contributed by atoms with van der Waals surface area (Å²) in [6.45, 7) is 1.78. The first-order valence-corrected chi connectivity index (χ1v) is 12.9. The van der Waals surface area contributed by atoms with E-state index >= 15 is 0 Å². The van der Waals surface area contributed by atoms with Crippen LogP contribution in [0.15, 0.2) is 60.7 Å². The molecule has 10 heteroatoms. The van der Waals surface area contributed by atoms with E-state index in [-0.39, 0.29) is 23.5 Å². The van der Waals surface area contributed by atoms with Gasteiger partial charge in [-0.2, -0.15) is 5.10 Å². The lowest BCUT2D eigenvalue weighted by Crippen LogP contribution is -2.15. The number of nitrogens with two attached hydrogens (primary N) is 1. The van der Waals surface area contributed by atoms with Crippen LogP contribution in [0.2, 0.25) is 0 Å². The highest BCUT2D eigenvalue weighted by Gasteiger charge is 2.32. The largest absolute Gasteiger partial charge is 0.366 e. The van der Waals surface area contributed by atoms with Gasteiger partial charge in [-0.1, -0.05) is 30.3 Å². The quantitative estimate of drug-likeness (QED) is 0.442. The summed E-state index contributed by atoms with van der Waals surface area (Å²) in [6.07, 6.45) is 0.448. The molecule has 3 N–H and O–H groups in total. The van der Waals surface area contributed by atoms with E-state index in [0.717, 1.165) is 5.56 Å². The van der Waals surface area contributed by atoms with Crippen LogP contribution in [0, 0.1) is 6.92 Å². The molecule has 9 nitrogen and oxygen atoms in total. The molecule has 4 aromatic rings. The molecule has 1 atom stereocenters. The molecule has 5 rings (SSSR count). The van der Waals surface area contributed by atoms with Gasteiger partial charge in [0, 0.05) is 16.8 Å². The molecule has 178 valence electrons. The molecule has 1 aliphatic rings. The van der Waals surface area contributed by atoms with Crippen molar-refractivity contribution in [3.63, 3.8) is 0 Å². The second-order valence-electron chi connectivity index (χ2n) is 8.60. The number of carbonyl (C=O) groups is 2. The van der Waals surface area contributed by atoms with Crippen LogP contribution in [0.5, 0.6) is 0 Å². The monoisotopic (exact) mass is 489 g/mol. The molecule has 0 bridgehead atoms. The molecular formula is C25H23N5O4S. The summed E-state index contributed by atoms with van der Waals surface area (Å²) in [7, 11) is -3.14. The van der Waals surface area contributed by atoms with Gasteiger partial charge in [0.15, 0.2) is 15.5 Å². The number of nitrogens with zero attached hydrogens (tertiary/aromatic N) is 3. The Bertz CT molecular complexity index is 1560. The predicted molar refractivity (Wildman–Crippen MR) is 133 cm³/mol. The first-order valence-electron chi connectivity index (χ1n) is 11.1. The minimum atomic E-state index is -3.14. The SMILES string of the molecule is Cc1nn([C@H]2CCS(=O)(=O)C2)c2nc(-c3ccccc3)cc(C(=O)Nc3ccc(C(N)=O)cc3)c12. The van der Waals surface area contributed by atoms with Gasteiger partial charge in [-0.05, 0) is 43.7 Å². The van der Waals surface area contributed by atoms with Crippen LogP contribution in [0.25, 0.3) is 22.3 Å². The first-order chi connectivity index (χ1) is 16.7. The topological polar surface area (TPSA) is 137 Å². The molecule has 0 radical (unpaired) electrons. The van der Waals surface area contributed by atoms with Crippen molar-refractivity contribution in [1.82, 2.24) is 14.8 Å². The Balaban J connectivity index is 1.63. The highest BCUT2D eigenvalue weighted by Crippen LogP contribution is 2.32. The standard InChI is InChI=1S/C25H23N5O4S/c1-15-22-20(25(32)27-18-9-7-17(8-10-18)23(26)31)13-21(16-5-3-2-4-6-16)28-24(22)30(29-15)19-11-12-35(33,34)14-19/h2-10,13,19H,11-12,14H2,1H3,(H2,26,31)(H,27,32)/t19-/m0/s1. The van der Waals surface area contributed by atoms with E-state index in [2.05, 4.69) is 10.4 Å². The molecule has 2 amide bonds. The molecule has 2 aromatic heterocycles. The van der Waals surface area contributed by atoms with Crippen LogP contribution in [0.1, 0.15) is 38.9 Å². The number of pyridine rings is 1. The predicted octanol–water partition coefficient (Wildman–Crippen LogP) is 3.12. The number of aromatic nitrogens is 3. The zero-order valence-corrected chi connectivity index (χ0v) is 19.7. The second-order valence-corrected chi connectivity index (χ2v) is 10.8. The van der Waals surface area contributed by atoms with Crippen molar-refractivity contribution >= 4 is 38.4 Å². The van der Waals surface area contributed by atoms with Crippen LogP contribution in [0.4, 0.5) is 5.69 Å². The number of fused-ring (bicyclic) bond motifs is 1. The van der Waals surface area contributed by atoms with E-state index in [0.29, 0.717) is 45.7 Å². The van der Waals surface area contributed by atoms with E-state index in [9.17, 15) is 18.0 Å². The lowest BCUT2D eigenvalue weighted by Gasteiger charge is -2.12. The number of primary amides is 1. The van der Waals surface area contributed by atoms with Gasteiger partial charge in [0.2, 0.25) is 5.91 Å². The van der Waals surface area contributed by atoms with Gasteiger partial charge in [0.1, 0.15) is 0 Å². The number of benzene rings is 2. The zero-order valence-electron chi connectivity index (χ0n) is 18.9. The van der Waals surface area contributed by atoms with Gasteiger partial charge < -0.3 is 11.1 Å². The Morgan fingerprint density at radius 3 is 2.43 bits per heavy atom. The lowest BCUT2D eigenvalue weighted by atomic mass is 10.0. The van der Waals surface area contributed by atoms with Gasteiger partial charge in [-0.25, -0.2) is 18.1 Å². The number of aryl methyl sites for hydroxylation is 1. The average molecular weight is 490 g/mol. The highest BCUT2D eigenvalue weighted by atomic mass is 32.2. The summed E-state index contributed by atoms with van der Waals surface area (Å²) in [6, 6.07) is 17.1. The minimum Gasteiger partial charge on any atom is -0.366 e. The number of anilines is 1. The van der Waals surface area contributed by atoms with Crippen LogP contribution in [0.3, 0.4) is 0 Å². The van der Waals surface area contributed by atoms with Gasteiger partial charge in [-0.15, -0.1) is 0 Å². The maximum absolute atomic E-state index is 13.5. The smallest absolute Gasteiger partial charge is 0.256 e. The maximum atomic E-state index is 13.5. The molecule has 2 aromatic carbocycles. The van der Waals surface area contributed by atoms with Crippen LogP contribution in [-0.2, 0) is 9.84 Å². The summed E-state index contributed by atoms with van der Waals surface area (Å²) >= 11 is 0. The van der Waals surface area contributed by atoms with Crippen LogP contribution in [-0.4, -0.2) is 46.5 Å². The van der Waals surface area contributed by atoms with E-state index < -0.39 is 15.7 Å². The fraction of sp³-hybridized carbons (Fsp3) is 0.200. The van der Waals surface area contributed by atoms with Crippen molar-refractivity contribution < 1.29 is 18.0 Å². The third-order valence-corrected chi connectivity index (χ3v) is 7.88. The molecule has 0 saturated carbocycles. The number of hydrogen-bond donors (Lipinski definition) is 2. The van der Waals surface area contributed by atoms with Gasteiger partial charge in [0.05, 0.1) is 39.9 Å². The molecular weight excluding hydrogens is 466 g/mol. The fourth-order valence-electron chi connectivity index (χ4n) is 4.39. The van der Waals surface area contributed by atoms with Gasteiger partial charge in [-0.3, -0.25) is 9.59 Å². The molecule has 0 aliphatic carbocycles. The number of nitrogens with one attached hydrogen (secondary N) is 1. The molecule has 3 heterocycles. The van der Waals surface area contributed by atoms with Crippen molar-refractivity contribution in [3.8, 4) is 11.3 Å². The number of carbonyl (C=O) groups excluding carboxylic acids is 2. The van der Waals surface area contributed by atoms with E-state index in [1.165, 1.54) is 0 Å². The normalized spacial score (nSPS) is 16.9. The third kappa shape index (κ3) is 4.40. The molecule has 1 fully saturated rings. The number of amides is 2.